The molecule has 0 aliphatic carbocycles. The van der Waals surface area contributed by atoms with Crippen LogP contribution >= 0.6 is 11.6 Å². The largest absolute Gasteiger partial charge is 0.375 e. The van der Waals surface area contributed by atoms with Gasteiger partial charge in [-0.2, -0.15) is 9.57 Å². The number of rotatable bonds is 2. The number of hydrogen-bond acceptors (Lipinski definition) is 4. The highest BCUT2D eigenvalue weighted by Gasteiger charge is 2.34. The maximum absolute atomic E-state index is 12.6. The predicted molar refractivity (Wildman–Crippen MR) is 74.9 cm³/mol. The van der Waals surface area contributed by atoms with Crippen molar-refractivity contribution in [1.82, 2.24) is 4.31 Å². The van der Waals surface area contributed by atoms with Crippen LogP contribution < -0.4 is 0 Å². The van der Waals surface area contributed by atoms with Gasteiger partial charge in [0.05, 0.1) is 28.2 Å². The van der Waals surface area contributed by atoms with Crippen LogP contribution in [0.15, 0.2) is 23.1 Å². The average Bonchev–Trinajstić information content (AvgIpc) is 2.41. The SMILES string of the molecule is C[C@@H]1CO[C@@H](C)CN1S(=O)(=O)c1ccc(C#N)c(Cl)c1. The first-order valence-corrected chi connectivity index (χ1v) is 8.01. The van der Waals surface area contributed by atoms with Crippen molar-refractivity contribution >= 4 is 21.6 Å². The van der Waals surface area contributed by atoms with E-state index in [0.29, 0.717) is 13.2 Å². The van der Waals surface area contributed by atoms with Crippen LogP contribution in [0.1, 0.15) is 19.4 Å². The molecule has 1 aromatic rings. The van der Waals surface area contributed by atoms with Gasteiger partial charge < -0.3 is 4.74 Å². The molecular weight excluding hydrogens is 300 g/mol. The fourth-order valence-electron chi connectivity index (χ4n) is 2.09. The lowest BCUT2D eigenvalue weighted by Gasteiger charge is -2.35. The predicted octanol–water partition coefficient (Wildman–Crippen LogP) is 2.01. The zero-order valence-corrected chi connectivity index (χ0v) is 12.8. The summed E-state index contributed by atoms with van der Waals surface area (Å²) in [7, 11) is -3.63. The molecule has 0 N–H and O–H groups in total. The lowest BCUT2D eigenvalue weighted by Crippen LogP contribution is -2.50. The summed E-state index contributed by atoms with van der Waals surface area (Å²) < 4.78 is 32.1. The fourth-order valence-corrected chi connectivity index (χ4v) is 4.10. The van der Waals surface area contributed by atoms with Gasteiger partial charge in [-0.05, 0) is 32.0 Å². The van der Waals surface area contributed by atoms with Crippen LogP contribution in [0.25, 0.3) is 0 Å². The highest BCUT2D eigenvalue weighted by molar-refractivity contribution is 7.89. The van der Waals surface area contributed by atoms with Crippen molar-refractivity contribution < 1.29 is 13.2 Å². The van der Waals surface area contributed by atoms with Gasteiger partial charge in [0.15, 0.2) is 0 Å². The second kappa shape index (κ2) is 5.70. The van der Waals surface area contributed by atoms with Gasteiger partial charge in [0.1, 0.15) is 6.07 Å². The highest BCUT2D eigenvalue weighted by Crippen LogP contribution is 2.26. The molecule has 1 heterocycles. The third-order valence-electron chi connectivity index (χ3n) is 3.22. The second-order valence-corrected chi connectivity index (χ2v) is 7.12. The van der Waals surface area contributed by atoms with Gasteiger partial charge in [-0.1, -0.05) is 11.6 Å². The van der Waals surface area contributed by atoms with Crippen molar-refractivity contribution in [2.75, 3.05) is 13.2 Å². The van der Waals surface area contributed by atoms with Crippen LogP contribution in [0.5, 0.6) is 0 Å². The van der Waals surface area contributed by atoms with Crippen molar-refractivity contribution in [2.24, 2.45) is 0 Å². The van der Waals surface area contributed by atoms with E-state index in [1.54, 1.807) is 6.92 Å². The zero-order valence-electron chi connectivity index (χ0n) is 11.2. The number of ether oxygens (including phenoxy) is 1. The molecule has 0 aromatic heterocycles. The van der Waals surface area contributed by atoms with E-state index in [2.05, 4.69) is 0 Å². The first-order valence-electron chi connectivity index (χ1n) is 6.19. The van der Waals surface area contributed by atoms with E-state index in [9.17, 15) is 8.42 Å². The van der Waals surface area contributed by atoms with E-state index in [1.807, 2.05) is 13.0 Å². The number of nitrogens with zero attached hydrogens (tertiary/aromatic N) is 2. The molecule has 108 valence electrons. The van der Waals surface area contributed by atoms with E-state index < -0.39 is 10.0 Å². The number of morpholine rings is 1. The second-order valence-electron chi connectivity index (χ2n) is 4.82. The summed E-state index contributed by atoms with van der Waals surface area (Å²) in [5, 5.41) is 8.97. The van der Waals surface area contributed by atoms with E-state index in [4.69, 9.17) is 21.6 Å². The topological polar surface area (TPSA) is 70.4 Å². The monoisotopic (exact) mass is 314 g/mol. The Morgan fingerprint density at radius 1 is 1.45 bits per heavy atom. The van der Waals surface area contributed by atoms with Crippen LogP contribution in [0.4, 0.5) is 0 Å². The standard InChI is InChI=1S/C13H15ClN2O3S/c1-9-8-19-10(2)7-16(9)20(17,18)12-4-3-11(6-15)13(14)5-12/h3-5,9-10H,7-8H2,1-2H3/t9-,10+/m1/s1. The summed E-state index contributed by atoms with van der Waals surface area (Å²) in [5.41, 5.74) is 0.258. The lowest BCUT2D eigenvalue weighted by molar-refractivity contribution is -0.0170. The zero-order chi connectivity index (χ0) is 14.9. The normalized spacial score (nSPS) is 24.3. The maximum Gasteiger partial charge on any atom is 0.243 e. The van der Waals surface area contributed by atoms with Crippen molar-refractivity contribution in [3.63, 3.8) is 0 Å². The summed E-state index contributed by atoms with van der Waals surface area (Å²) >= 11 is 5.91. The molecule has 0 radical (unpaired) electrons. The summed E-state index contributed by atoms with van der Waals surface area (Å²) in [5.74, 6) is 0. The molecule has 0 bridgehead atoms. The smallest absolute Gasteiger partial charge is 0.243 e. The minimum absolute atomic E-state index is 0.0995. The Hall–Kier alpha value is -1.13. The van der Waals surface area contributed by atoms with Crippen molar-refractivity contribution in [3.05, 3.63) is 28.8 Å². The third-order valence-corrected chi connectivity index (χ3v) is 5.51. The first kappa shape index (κ1) is 15.3. The maximum atomic E-state index is 12.6. The number of halogens is 1. The average molecular weight is 315 g/mol. The van der Waals surface area contributed by atoms with Gasteiger partial charge in [0.2, 0.25) is 10.0 Å². The van der Waals surface area contributed by atoms with Crippen LogP contribution in [-0.2, 0) is 14.8 Å². The quantitative estimate of drug-likeness (QED) is 0.837. The molecule has 5 nitrogen and oxygen atoms in total. The molecule has 1 saturated heterocycles. The Bertz CT molecular complexity index is 654. The minimum Gasteiger partial charge on any atom is -0.375 e. The number of nitriles is 1. The molecule has 0 amide bonds. The number of benzene rings is 1. The van der Waals surface area contributed by atoms with Crippen LogP contribution in [-0.4, -0.2) is 38.0 Å². The minimum atomic E-state index is -3.63. The fraction of sp³-hybridized carbons (Fsp3) is 0.462. The number of hydrogen-bond donors (Lipinski definition) is 0. The Morgan fingerprint density at radius 3 is 2.75 bits per heavy atom. The first-order chi connectivity index (χ1) is 9.36. The van der Waals surface area contributed by atoms with Crippen LogP contribution in [0.3, 0.4) is 0 Å². The molecule has 1 aliphatic rings. The molecule has 7 heteroatoms. The molecule has 1 aromatic carbocycles. The Morgan fingerprint density at radius 2 is 2.15 bits per heavy atom. The van der Waals surface area contributed by atoms with Gasteiger partial charge in [0.25, 0.3) is 0 Å². The molecule has 2 rings (SSSR count). The van der Waals surface area contributed by atoms with Crippen molar-refractivity contribution in [3.8, 4) is 6.07 Å². The summed E-state index contributed by atoms with van der Waals surface area (Å²) in [6.07, 6.45) is -0.144. The Labute approximate surface area is 123 Å². The summed E-state index contributed by atoms with van der Waals surface area (Å²) in [6, 6.07) is 5.83. The van der Waals surface area contributed by atoms with Gasteiger partial charge in [-0.15, -0.1) is 0 Å². The molecule has 0 spiro atoms. The molecular formula is C13H15ClN2O3S. The summed E-state index contributed by atoms with van der Waals surface area (Å²) in [6.45, 7) is 4.31. The molecule has 0 saturated carbocycles. The van der Waals surface area contributed by atoms with Crippen LogP contribution in [0.2, 0.25) is 5.02 Å². The van der Waals surface area contributed by atoms with Gasteiger partial charge >= 0.3 is 0 Å². The van der Waals surface area contributed by atoms with Crippen molar-refractivity contribution in [1.29, 1.82) is 5.26 Å². The van der Waals surface area contributed by atoms with E-state index >= 15 is 0 Å². The van der Waals surface area contributed by atoms with Gasteiger partial charge in [-0.3, -0.25) is 0 Å². The lowest BCUT2D eigenvalue weighted by atomic mass is 10.2. The third kappa shape index (κ3) is 2.81. The molecule has 20 heavy (non-hydrogen) atoms. The number of sulfonamides is 1. The van der Waals surface area contributed by atoms with E-state index in [1.165, 1.54) is 22.5 Å². The van der Waals surface area contributed by atoms with Crippen LogP contribution in [0, 0.1) is 11.3 Å². The molecule has 1 fully saturated rings. The van der Waals surface area contributed by atoms with Gasteiger partial charge in [-0.25, -0.2) is 8.42 Å². The van der Waals surface area contributed by atoms with E-state index in [0.717, 1.165) is 0 Å². The molecule has 2 atom stereocenters. The Balaban J connectivity index is 2.39. The summed E-state index contributed by atoms with van der Waals surface area (Å²) in [4.78, 5) is 0.0995. The molecule has 1 aliphatic heterocycles. The molecule has 0 unspecified atom stereocenters. The van der Waals surface area contributed by atoms with Gasteiger partial charge in [0, 0.05) is 12.6 Å². The Kier molecular flexibility index (Phi) is 4.35. The van der Waals surface area contributed by atoms with E-state index in [-0.39, 0.29) is 27.6 Å². The van der Waals surface area contributed by atoms with Crippen molar-refractivity contribution in [2.45, 2.75) is 30.9 Å². The highest BCUT2D eigenvalue weighted by atomic mass is 35.5.